The highest BCUT2D eigenvalue weighted by Gasteiger charge is 2.26. The maximum atomic E-state index is 12.5. The molecule has 3 rings (SSSR count). The van der Waals surface area contributed by atoms with E-state index in [0.29, 0.717) is 18.9 Å². The molecular formula is C16H23NO4S. The molecule has 0 spiro atoms. The Hall–Kier alpha value is -0.950. The van der Waals surface area contributed by atoms with Crippen LogP contribution in [0.4, 0.5) is 0 Å². The predicted octanol–water partition coefficient (Wildman–Crippen LogP) is 1.73. The lowest BCUT2D eigenvalue weighted by Gasteiger charge is -2.30. The van der Waals surface area contributed by atoms with E-state index in [9.17, 15) is 9.90 Å². The van der Waals surface area contributed by atoms with Gasteiger partial charge in [0.1, 0.15) is 0 Å². The third kappa shape index (κ3) is 3.68. The molecule has 1 saturated heterocycles. The Bertz CT molecular complexity index is 487. The van der Waals surface area contributed by atoms with E-state index in [2.05, 4.69) is 5.32 Å². The molecule has 5 nitrogen and oxygen atoms in total. The molecule has 0 saturated carbocycles. The van der Waals surface area contributed by atoms with Crippen molar-refractivity contribution in [3.8, 4) is 0 Å². The van der Waals surface area contributed by atoms with Gasteiger partial charge in [0.25, 0.3) is 5.91 Å². The van der Waals surface area contributed by atoms with Crippen molar-refractivity contribution in [3.63, 3.8) is 0 Å². The number of hydrogen-bond acceptors (Lipinski definition) is 5. The molecular weight excluding hydrogens is 302 g/mol. The summed E-state index contributed by atoms with van der Waals surface area (Å²) in [6.07, 6.45) is 3.39. The van der Waals surface area contributed by atoms with Crippen LogP contribution >= 0.6 is 11.3 Å². The van der Waals surface area contributed by atoms with Gasteiger partial charge in [-0.3, -0.25) is 4.79 Å². The molecule has 3 heterocycles. The molecule has 1 aromatic heterocycles. The molecule has 0 bridgehead atoms. The predicted molar refractivity (Wildman–Crippen MR) is 84.2 cm³/mol. The summed E-state index contributed by atoms with van der Waals surface area (Å²) in [5.41, 5.74) is 1.14. The van der Waals surface area contributed by atoms with Crippen LogP contribution in [-0.4, -0.2) is 43.5 Å². The normalized spacial score (nSPS) is 20.4. The highest BCUT2D eigenvalue weighted by atomic mass is 32.1. The summed E-state index contributed by atoms with van der Waals surface area (Å²) in [4.78, 5) is 14.6. The summed E-state index contributed by atoms with van der Waals surface area (Å²) in [6, 6.07) is 1.98. The topological polar surface area (TPSA) is 67.8 Å². The molecule has 6 heteroatoms. The van der Waals surface area contributed by atoms with E-state index >= 15 is 0 Å². The van der Waals surface area contributed by atoms with Crippen molar-refractivity contribution in [1.29, 1.82) is 0 Å². The molecule has 1 amide bonds. The van der Waals surface area contributed by atoms with E-state index < -0.39 is 0 Å². The fourth-order valence-corrected chi connectivity index (χ4v) is 4.23. The summed E-state index contributed by atoms with van der Waals surface area (Å²) in [6.45, 7) is 2.93. The van der Waals surface area contributed by atoms with Crippen molar-refractivity contribution in [2.24, 2.45) is 5.92 Å². The first-order chi connectivity index (χ1) is 10.8. The Balaban J connectivity index is 1.66. The maximum absolute atomic E-state index is 12.5. The van der Waals surface area contributed by atoms with Gasteiger partial charge in [0, 0.05) is 37.2 Å². The summed E-state index contributed by atoms with van der Waals surface area (Å²) >= 11 is 1.57. The smallest absolute Gasteiger partial charge is 0.261 e. The number of hydrogen-bond donors (Lipinski definition) is 2. The molecule has 0 radical (unpaired) electrons. The van der Waals surface area contributed by atoms with Crippen LogP contribution < -0.4 is 5.32 Å². The van der Waals surface area contributed by atoms with E-state index in [-0.39, 0.29) is 18.6 Å². The molecule has 0 aliphatic carbocycles. The van der Waals surface area contributed by atoms with E-state index in [1.54, 1.807) is 11.3 Å². The first-order valence-electron chi connectivity index (χ1n) is 7.96. The van der Waals surface area contributed by atoms with Crippen LogP contribution in [0.1, 0.15) is 39.4 Å². The van der Waals surface area contributed by atoms with Crippen molar-refractivity contribution in [3.05, 3.63) is 21.4 Å². The number of ether oxygens (including phenoxy) is 2. The number of rotatable bonds is 5. The molecule has 1 fully saturated rings. The molecule has 22 heavy (non-hydrogen) atoms. The molecule has 2 aliphatic heterocycles. The summed E-state index contributed by atoms with van der Waals surface area (Å²) < 4.78 is 10.8. The summed E-state index contributed by atoms with van der Waals surface area (Å²) in [5.74, 6) is 0.368. The van der Waals surface area contributed by atoms with Crippen LogP contribution in [0.25, 0.3) is 0 Å². The Morgan fingerprint density at radius 1 is 1.36 bits per heavy atom. The van der Waals surface area contributed by atoms with Crippen LogP contribution in [-0.2, 0) is 22.5 Å². The minimum Gasteiger partial charge on any atom is -0.396 e. The molecule has 1 atom stereocenters. The van der Waals surface area contributed by atoms with Crippen molar-refractivity contribution in [1.82, 2.24) is 5.32 Å². The number of carbonyl (C=O) groups is 1. The molecule has 2 N–H and O–H groups in total. The Kier molecular flexibility index (Phi) is 5.46. The zero-order chi connectivity index (χ0) is 15.4. The second kappa shape index (κ2) is 7.55. The standard InChI is InChI=1S/C16H23NO4S/c18-5-1-13(11-2-6-20-7-3-11)17-16(19)15-9-12-10-21-8-4-14(12)22-15/h9,11,13,18H,1-8,10H2,(H,17,19). The fourth-order valence-electron chi connectivity index (χ4n) is 3.18. The van der Waals surface area contributed by atoms with Gasteiger partial charge in [-0.25, -0.2) is 0 Å². The van der Waals surface area contributed by atoms with E-state index in [1.165, 1.54) is 4.88 Å². The second-order valence-electron chi connectivity index (χ2n) is 5.90. The van der Waals surface area contributed by atoms with Crippen LogP contribution in [0.2, 0.25) is 0 Å². The van der Waals surface area contributed by atoms with E-state index in [0.717, 1.165) is 49.5 Å². The SMILES string of the molecule is O=C(NC(CCO)C1CCOCC1)c1cc2c(s1)CCOC2. The Morgan fingerprint density at radius 2 is 2.18 bits per heavy atom. The minimum absolute atomic E-state index is 0.0238. The monoisotopic (exact) mass is 325 g/mol. The third-order valence-corrected chi connectivity index (χ3v) is 5.68. The zero-order valence-corrected chi connectivity index (χ0v) is 13.5. The maximum Gasteiger partial charge on any atom is 0.261 e. The summed E-state index contributed by atoms with van der Waals surface area (Å²) in [5, 5.41) is 12.4. The van der Waals surface area contributed by atoms with E-state index in [1.807, 2.05) is 6.07 Å². The van der Waals surface area contributed by atoms with Crippen LogP contribution in [0.15, 0.2) is 6.07 Å². The molecule has 1 unspecified atom stereocenters. The van der Waals surface area contributed by atoms with Gasteiger partial charge in [-0.2, -0.15) is 0 Å². The van der Waals surface area contributed by atoms with Gasteiger partial charge in [0.05, 0.1) is 18.1 Å². The van der Waals surface area contributed by atoms with Gasteiger partial charge in [0.15, 0.2) is 0 Å². The molecule has 122 valence electrons. The largest absolute Gasteiger partial charge is 0.396 e. The fraction of sp³-hybridized carbons (Fsp3) is 0.688. The van der Waals surface area contributed by atoms with Crippen LogP contribution in [0.3, 0.4) is 0 Å². The van der Waals surface area contributed by atoms with Crippen molar-refractivity contribution in [2.45, 2.75) is 38.3 Å². The number of thiophene rings is 1. The Morgan fingerprint density at radius 3 is 2.91 bits per heavy atom. The van der Waals surface area contributed by atoms with Crippen LogP contribution in [0.5, 0.6) is 0 Å². The number of aliphatic hydroxyl groups excluding tert-OH is 1. The highest BCUT2D eigenvalue weighted by molar-refractivity contribution is 7.14. The highest BCUT2D eigenvalue weighted by Crippen LogP contribution is 2.28. The van der Waals surface area contributed by atoms with E-state index in [4.69, 9.17) is 9.47 Å². The second-order valence-corrected chi connectivity index (χ2v) is 7.04. The first kappa shape index (κ1) is 15.9. The van der Waals surface area contributed by atoms with Crippen molar-refractivity contribution in [2.75, 3.05) is 26.4 Å². The molecule has 2 aliphatic rings. The Labute approximate surface area is 134 Å². The first-order valence-corrected chi connectivity index (χ1v) is 8.78. The van der Waals surface area contributed by atoms with Gasteiger partial charge in [-0.1, -0.05) is 0 Å². The van der Waals surface area contributed by atoms with Gasteiger partial charge in [-0.15, -0.1) is 11.3 Å². The molecule has 1 aromatic rings. The number of nitrogens with one attached hydrogen (secondary N) is 1. The average Bonchev–Trinajstić information content (AvgIpc) is 2.99. The molecule has 0 aromatic carbocycles. The average molecular weight is 325 g/mol. The number of carbonyl (C=O) groups excluding carboxylic acids is 1. The van der Waals surface area contributed by atoms with Gasteiger partial charge >= 0.3 is 0 Å². The number of aliphatic hydroxyl groups is 1. The third-order valence-electron chi connectivity index (χ3n) is 4.44. The quantitative estimate of drug-likeness (QED) is 0.865. The van der Waals surface area contributed by atoms with Gasteiger partial charge in [-0.05, 0) is 36.8 Å². The van der Waals surface area contributed by atoms with Crippen molar-refractivity contribution < 1.29 is 19.4 Å². The van der Waals surface area contributed by atoms with Gasteiger partial charge < -0.3 is 19.9 Å². The van der Waals surface area contributed by atoms with Crippen molar-refractivity contribution >= 4 is 17.2 Å². The number of fused-ring (bicyclic) bond motifs is 1. The zero-order valence-electron chi connectivity index (χ0n) is 12.7. The number of amides is 1. The lowest BCUT2D eigenvalue weighted by Crippen LogP contribution is -2.42. The minimum atomic E-state index is -0.0238. The lowest BCUT2D eigenvalue weighted by molar-refractivity contribution is 0.0479. The van der Waals surface area contributed by atoms with Gasteiger partial charge in [0.2, 0.25) is 0 Å². The lowest BCUT2D eigenvalue weighted by atomic mass is 9.90. The summed E-state index contributed by atoms with van der Waals surface area (Å²) in [7, 11) is 0. The van der Waals surface area contributed by atoms with Crippen LogP contribution in [0, 0.1) is 5.92 Å².